The second-order valence-electron chi connectivity index (χ2n) is 3.52. The molecule has 1 aromatic rings. The lowest BCUT2D eigenvalue weighted by atomic mass is 10.2. The maximum absolute atomic E-state index is 5.80. The number of anilines is 1. The van der Waals surface area contributed by atoms with Crippen LogP contribution in [0.25, 0.3) is 0 Å². The molecule has 0 aliphatic heterocycles. The lowest BCUT2D eigenvalue weighted by Crippen LogP contribution is -2.21. The van der Waals surface area contributed by atoms with Crippen molar-refractivity contribution < 1.29 is 0 Å². The van der Waals surface area contributed by atoms with Crippen LogP contribution in [0.15, 0.2) is 18.3 Å². The Hall–Kier alpha value is -1.16. The Balaban J connectivity index is 1.92. The van der Waals surface area contributed by atoms with E-state index >= 15 is 0 Å². The van der Waals surface area contributed by atoms with Crippen LogP contribution in [0.3, 0.4) is 0 Å². The Morgan fingerprint density at radius 1 is 1.46 bits per heavy atom. The zero-order valence-electron chi connectivity index (χ0n) is 7.48. The van der Waals surface area contributed by atoms with Gasteiger partial charge in [0.25, 0.3) is 0 Å². The highest BCUT2D eigenvalue weighted by Crippen LogP contribution is 2.20. The molecular weight excluding hydrogens is 164 g/mol. The quantitative estimate of drug-likeness (QED) is 0.702. The molecule has 1 aliphatic carbocycles. The highest BCUT2D eigenvalue weighted by molar-refractivity contribution is 5.33. The number of aromatic nitrogens is 2. The van der Waals surface area contributed by atoms with Crippen molar-refractivity contribution in [2.45, 2.75) is 31.3 Å². The second kappa shape index (κ2) is 3.70. The van der Waals surface area contributed by atoms with E-state index in [1.54, 1.807) is 6.20 Å². The fourth-order valence-corrected chi connectivity index (χ4v) is 1.74. The first kappa shape index (κ1) is 8.44. The van der Waals surface area contributed by atoms with E-state index in [2.05, 4.69) is 15.5 Å². The average Bonchev–Trinajstić information content (AvgIpc) is 2.53. The van der Waals surface area contributed by atoms with Gasteiger partial charge in [0.1, 0.15) is 5.82 Å². The predicted molar refractivity (Wildman–Crippen MR) is 51.3 cm³/mol. The minimum Gasteiger partial charge on any atom is -0.366 e. The minimum absolute atomic E-state index is 0.356. The molecular formula is C9H14N4. The molecule has 1 fully saturated rings. The van der Waals surface area contributed by atoms with Gasteiger partial charge < -0.3 is 11.1 Å². The van der Waals surface area contributed by atoms with Crippen LogP contribution < -0.4 is 11.1 Å². The molecule has 2 unspecified atom stereocenters. The minimum atomic E-state index is 0.356. The number of nitrogens with zero attached hydrogens (tertiary/aromatic N) is 2. The van der Waals surface area contributed by atoms with E-state index in [9.17, 15) is 0 Å². The maximum atomic E-state index is 5.80. The first-order valence-corrected chi connectivity index (χ1v) is 4.64. The SMILES string of the molecule is NC1CCC(Nc2cccnn2)C1. The van der Waals surface area contributed by atoms with Gasteiger partial charge in [-0.2, -0.15) is 5.10 Å². The van der Waals surface area contributed by atoms with Gasteiger partial charge in [-0.25, -0.2) is 0 Å². The topological polar surface area (TPSA) is 63.8 Å². The van der Waals surface area contributed by atoms with Crippen molar-refractivity contribution in [3.8, 4) is 0 Å². The van der Waals surface area contributed by atoms with Gasteiger partial charge >= 0.3 is 0 Å². The highest BCUT2D eigenvalue weighted by Gasteiger charge is 2.21. The summed E-state index contributed by atoms with van der Waals surface area (Å²) in [5.74, 6) is 0.849. The standard InChI is InChI=1S/C9H14N4/c10-7-3-4-8(6-7)12-9-2-1-5-11-13-9/h1-2,5,7-8H,3-4,6,10H2,(H,12,13). The molecule has 0 radical (unpaired) electrons. The zero-order chi connectivity index (χ0) is 9.10. The Morgan fingerprint density at radius 3 is 3.00 bits per heavy atom. The van der Waals surface area contributed by atoms with E-state index in [1.165, 1.54) is 0 Å². The summed E-state index contributed by atoms with van der Waals surface area (Å²) in [4.78, 5) is 0. The highest BCUT2D eigenvalue weighted by atomic mass is 15.2. The molecule has 3 N–H and O–H groups in total. The van der Waals surface area contributed by atoms with Crippen molar-refractivity contribution in [1.82, 2.24) is 10.2 Å². The smallest absolute Gasteiger partial charge is 0.148 e. The van der Waals surface area contributed by atoms with Crippen LogP contribution in [0, 0.1) is 0 Å². The second-order valence-corrected chi connectivity index (χ2v) is 3.52. The normalized spacial score (nSPS) is 27.5. The van der Waals surface area contributed by atoms with Crippen molar-refractivity contribution >= 4 is 5.82 Å². The number of nitrogens with two attached hydrogens (primary N) is 1. The molecule has 4 heteroatoms. The van der Waals surface area contributed by atoms with E-state index in [0.717, 1.165) is 25.1 Å². The average molecular weight is 178 g/mol. The molecule has 0 aromatic carbocycles. The van der Waals surface area contributed by atoms with Crippen molar-refractivity contribution in [2.75, 3.05) is 5.32 Å². The summed E-state index contributed by atoms with van der Waals surface area (Å²) in [5, 5.41) is 11.1. The third-order valence-electron chi connectivity index (χ3n) is 2.40. The third-order valence-corrected chi connectivity index (χ3v) is 2.40. The van der Waals surface area contributed by atoms with Crippen molar-refractivity contribution in [2.24, 2.45) is 5.73 Å². The fourth-order valence-electron chi connectivity index (χ4n) is 1.74. The summed E-state index contributed by atoms with van der Waals surface area (Å²) >= 11 is 0. The van der Waals surface area contributed by atoms with E-state index in [0.29, 0.717) is 12.1 Å². The largest absolute Gasteiger partial charge is 0.366 e. The van der Waals surface area contributed by atoms with Crippen LogP contribution in [-0.4, -0.2) is 22.3 Å². The molecule has 2 atom stereocenters. The molecule has 0 bridgehead atoms. The summed E-state index contributed by atoms with van der Waals surface area (Å²) in [5.41, 5.74) is 5.80. The summed E-state index contributed by atoms with van der Waals surface area (Å²) in [6.07, 6.45) is 4.96. The van der Waals surface area contributed by atoms with Crippen molar-refractivity contribution in [1.29, 1.82) is 0 Å². The number of rotatable bonds is 2. The Bertz CT molecular complexity index is 262. The van der Waals surface area contributed by atoms with Gasteiger partial charge in [0.2, 0.25) is 0 Å². The van der Waals surface area contributed by atoms with Gasteiger partial charge in [0.05, 0.1) is 0 Å². The summed E-state index contributed by atoms with van der Waals surface area (Å²) in [6.45, 7) is 0. The van der Waals surface area contributed by atoms with E-state index < -0.39 is 0 Å². The molecule has 13 heavy (non-hydrogen) atoms. The molecule has 0 spiro atoms. The molecule has 1 aliphatic rings. The molecule has 4 nitrogen and oxygen atoms in total. The monoisotopic (exact) mass is 178 g/mol. The van der Waals surface area contributed by atoms with Crippen LogP contribution in [0.1, 0.15) is 19.3 Å². The molecule has 1 saturated carbocycles. The number of hydrogen-bond donors (Lipinski definition) is 2. The van der Waals surface area contributed by atoms with Crippen molar-refractivity contribution in [3.05, 3.63) is 18.3 Å². The van der Waals surface area contributed by atoms with Gasteiger partial charge in [-0.15, -0.1) is 5.10 Å². The first-order valence-electron chi connectivity index (χ1n) is 4.64. The van der Waals surface area contributed by atoms with Gasteiger partial charge in [-0.1, -0.05) is 0 Å². The Labute approximate surface area is 77.5 Å². The van der Waals surface area contributed by atoms with E-state index in [4.69, 9.17) is 5.73 Å². The molecule has 0 saturated heterocycles. The molecule has 70 valence electrons. The Morgan fingerprint density at radius 2 is 2.38 bits per heavy atom. The van der Waals surface area contributed by atoms with Gasteiger partial charge in [-0.05, 0) is 31.4 Å². The van der Waals surface area contributed by atoms with Crippen LogP contribution in [0.2, 0.25) is 0 Å². The first-order chi connectivity index (χ1) is 6.34. The van der Waals surface area contributed by atoms with E-state index in [-0.39, 0.29) is 0 Å². The Kier molecular flexibility index (Phi) is 2.40. The zero-order valence-corrected chi connectivity index (χ0v) is 7.48. The van der Waals surface area contributed by atoms with Crippen LogP contribution >= 0.6 is 0 Å². The van der Waals surface area contributed by atoms with Crippen LogP contribution in [-0.2, 0) is 0 Å². The number of hydrogen-bond acceptors (Lipinski definition) is 4. The summed E-state index contributed by atoms with van der Waals surface area (Å²) in [6, 6.07) is 4.64. The van der Waals surface area contributed by atoms with Crippen LogP contribution in [0.5, 0.6) is 0 Å². The molecule has 0 amide bonds. The molecule has 2 rings (SSSR count). The summed E-state index contributed by atoms with van der Waals surface area (Å²) in [7, 11) is 0. The summed E-state index contributed by atoms with van der Waals surface area (Å²) < 4.78 is 0. The molecule has 1 heterocycles. The van der Waals surface area contributed by atoms with E-state index in [1.807, 2.05) is 12.1 Å². The maximum Gasteiger partial charge on any atom is 0.148 e. The third kappa shape index (κ3) is 2.15. The van der Waals surface area contributed by atoms with Crippen LogP contribution in [0.4, 0.5) is 5.82 Å². The predicted octanol–water partition coefficient (Wildman–Crippen LogP) is 0.768. The number of nitrogens with one attached hydrogen (secondary N) is 1. The van der Waals surface area contributed by atoms with Gasteiger partial charge in [0, 0.05) is 18.3 Å². The van der Waals surface area contributed by atoms with Gasteiger partial charge in [0.15, 0.2) is 0 Å². The fraction of sp³-hybridized carbons (Fsp3) is 0.556. The molecule has 1 aromatic heterocycles. The lowest BCUT2D eigenvalue weighted by molar-refractivity contribution is 0.685. The van der Waals surface area contributed by atoms with Crippen molar-refractivity contribution in [3.63, 3.8) is 0 Å². The van der Waals surface area contributed by atoms with Gasteiger partial charge in [-0.3, -0.25) is 0 Å². The lowest BCUT2D eigenvalue weighted by Gasteiger charge is -2.11.